The van der Waals surface area contributed by atoms with Gasteiger partial charge in [0.15, 0.2) is 5.43 Å². The van der Waals surface area contributed by atoms with Crippen molar-refractivity contribution in [1.82, 2.24) is 4.98 Å². The summed E-state index contributed by atoms with van der Waals surface area (Å²) >= 11 is 0. The summed E-state index contributed by atoms with van der Waals surface area (Å²) in [4.78, 5) is 18.0. The Labute approximate surface area is 124 Å². The van der Waals surface area contributed by atoms with Gasteiger partial charge < -0.3 is 14.6 Å². The van der Waals surface area contributed by atoms with Gasteiger partial charge in [-0.1, -0.05) is 13.8 Å². The van der Waals surface area contributed by atoms with Crippen LogP contribution in [0.15, 0.2) is 29.1 Å². The highest BCUT2D eigenvalue weighted by atomic mass is 16.5. The molecule has 0 atom stereocenters. The van der Waals surface area contributed by atoms with Crippen molar-refractivity contribution in [2.45, 2.75) is 20.3 Å². The van der Waals surface area contributed by atoms with Gasteiger partial charge in [0.05, 0.1) is 13.2 Å². The molecule has 112 valence electrons. The molecule has 0 spiro atoms. The zero-order valence-electron chi connectivity index (χ0n) is 12.7. The Hall–Kier alpha value is -1.81. The molecule has 2 heterocycles. The number of benzene rings is 1. The number of ether oxygens (including phenoxy) is 1. The molecular formula is C17H22N2O2. The summed E-state index contributed by atoms with van der Waals surface area (Å²) < 4.78 is 5.38. The summed E-state index contributed by atoms with van der Waals surface area (Å²) in [6.07, 6.45) is 0.899. The summed E-state index contributed by atoms with van der Waals surface area (Å²) in [5.41, 5.74) is 3.15. The zero-order valence-corrected chi connectivity index (χ0v) is 12.7. The molecule has 0 unspecified atom stereocenters. The predicted octanol–water partition coefficient (Wildman–Crippen LogP) is 2.56. The van der Waals surface area contributed by atoms with E-state index in [9.17, 15) is 4.79 Å². The maximum atomic E-state index is 12.4. The molecule has 0 saturated carbocycles. The smallest absolute Gasteiger partial charge is 0.189 e. The van der Waals surface area contributed by atoms with Gasteiger partial charge in [0.25, 0.3) is 0 Å². The zero-order chi connectivity index (χ0) is 14.8. The Balaban J connectivity index is 1.98. The number of aromatic amines is 1. The van der Waals surface area contributed by atoms with E-state index in [2.05, 4.69) is 29.8 Å². The number of H-pyrrole nitrogens is 1. The Morgan fingerprint density at radius 3 is 2.71 bits per heavy atom. The lowest BCUT2D eigenvalue weighted by Gasteiger charge is -2.29. The number of hydrogen-bond acceptors (Lipinski definition) is 3. The molecule has 0 bridgehead atoms. The highest BCUT2D eigenvalue weighted by Gasteiger charge is 2.12. The van der Waals surface area contributed by atoms with Crippen LogP contribution in [0.5, 0.6) is 0 Å². The van der Waals surface area contributed by atoms with Crippen LogP contribution < -0.4 is 10.3 Å². The van der Waals surface area contributed by atoms with Gasteiger partial charge in [-0.15, -0.1) is 0 Å². The maximum absolute atomic E-state index is 12.4. The van der Waals surface area contributed by atoms with Crippen molar-refractivity contribution in [3.8, 4) is 0 Å². The van der Waals surface area contributed by atoms with Gasteiger partial charge in [0.2, 0.25) is 0 Å². The van der Waals surface area contributed by atoms with E-state index in [0.717, 1.165) is 55.0 Å². The molecule has 1 aromatic heterocycles. The van der Waals surface area contributed by atoms with Gasteiger partial charge >= 0.3 is 0 Å². The first-order valence-corrected chi connectivity index (χ1v) is 7.62. The third-order valence-electron chi connectivity index (χ3n) is 3.87. The lowest BCUT2D eigenvalue weighted by molar-refractivity contribution is 0.122. The normalized spacial score (nSPS) is 15.9. The minimum Gasteiger partial charge on any atom is -0.378 e. The van der Waals surface area contributed by atoms with Crippen LogP contribution in [0.4, 0.5) is 5.69 Å². The van der Waals surface area contributed by atoms with Crippen LogP contribution in [-0.4, -0.2) is 31.3 Å². The molecule has 0 aliphatic carbocycles. The topological polar surface area (TPSA) is 45.3 Å². The van der Waals surface area contributed by atoms with E-state index in [1.807, 2.05) is 12.1 Å². The van der Waals surface area contributed by atoms with Gasteiger partial charge in [-0.3, -0.25) is 4.79 Å². The summed E-state index contributed by atoms with van der Waals surface area (Å²) in [7, 11) is 0. The standard InChI is InChI=1S/C17H22N2O2/c1-12(2)9-13-10-17(20)15-11-14(3-4-16(15)18-13)19-5-7-21-8-6-19/h3-4,10-12H,5-9H2,1-2H3,(H,18,20). The average molecular weight is 286 g/mol. The van der Waals surface area contributed by atoms with Crippen molar-refractivity contribution >= 4 is 16.6 Å². The quantitative estimate of drug-likeness (QED) is 0.943. The van der Waals surface area contributed by atoms with E-state index in [1.165, 1.54) is 0 Å². The predicted molar refractivity (Wildman–Crippen MR) is 86.1 cm³/mol. The maximum Gasteiger partial charge on any atom is 0.189 e. The van der Waals surface area contributed by atoms with Crippen molar-refractivity contribution in [3.63, 3.8) is 0 Å². The SMILES string of the molecule is CC(C)Cc1cc(=O)c2cc(N3CCOCC3)ccc2[nH]1. The first-order chi connectivity index (χ1) is 10.1. The van der Waals surface area contributed by atoms with Crippen molar-refractivity contribution in [2.75, 3.05) is 31.2 Å². The Morgan fingerprint density at radius 1 is 1.24 bits per heavy atom. The lowest BCUT2D eigenvalue weighted by Crippen LogP contribution is -2.36. The fourth-order valence-corrected chi connectivity index (χ4v) is 2.86. The molecule has 4 heteroatoms. The molecule has 1 aromatic carbocycles. The number of rotatable bonds is 3. The number of nitrogens with one attached hydrogen (secondary N) is 1. The molecule has 1 aliphatic heterocycles. The fraction of sp³-hybridized carbons (Fsp3) is 0.471. The van der Waals surface area contributed by atoms with Gasteiger partial charge in [0.1, 0.15) is 0 Å². The molecule has 2 aromatic rings. The van der Waals surface area contributed by atoms with Crippen LogP contribution in [0.25, 0.3) is 10.9 Å². The van der Waals surface area contributed by atoms with E-state index in [4.69, 9.17) is 4.74 Å². The van der Waals surface area contributed by atoms with Crippen LogP contribution >= 0.6 is 0 Å². The molecule has 0 amide bonds. The van der Waals surface area contributed by atoms with Gasteiger partial charge in [-0.2, -0.15) is 0 Å². The number of hydrogen-bond donors (Lipinski definition) is 1. The van der Waals surface area contributed by atoms with Crippen LogP contribution in [0, 0.1) is 5.92 Å². The van der Waals surface area contributed by atoms with Crippen molar-refractivity contribution in [1.29, 1.82) is 0 Å². The number of pyridine rings is 1. The van der Waals surface area contributed by atoms with Crippen LogP contribution in [0.3, 0.4) is 0 Å². The third-order valence-corrected chi connectivity index (χ3v) is 3.87. The lowest BCUT2D eigenvalue weighted by atomic mass is 10.1. The van der Waals surface area contributed by atoms with Gasteiger partial charge in [0, 0.05) is 41.4 Å². The molecule has 1 saturated heterocycles. The second-order valence-electron chi connectivity index (χ2n) is 6.09. The number of morpholine rings is 1. The number of aromatic nitrogens is 1. The second-order valence-corrected chi connectivity index (χ2v) is 6.09. The van der Waals surface area contributed by atoms with E-state index >= 15 is 0 Å². The summed E-state index contributed by atoms with van der Waals surface area (Å²) in [5, 5.41) is 0.770. The van der Waals surface area contributed by atoms with Gasteiger partial charge in [-0.05, 0) is 30.5 Å². The van der Waals surface area contributed by atoms with Crippen LogP contribution in [0.1, 0.15) is 19.5 Å². The highest BCUT2D eigenvalue weighted by Crippen LogP contribution is 2.20. The largest absolute Gasteiger partial charge is 0.378 e. The van der Waals surface area contributed by atoms with Crippen LogP contribution in [-0.2, 0) is 11.2 Å². The molecule has 3 rings (SSSR count). The van der Waals surface area contributed by atoms with Crippen molar-refractivity contribution in [2.24, 2.45) is 5.92 Å². The van der Waals surface area contributed by atoms with E-state index in [1.54, 1.807) is 6.07 Å². The first kappa shape index (κ1) is 14.1. The summed E-state index contributed by atoms with van der Waals surface area (Å²) in [6.45, 7) is 7.58. The minimum atomic E-state index is 0.106. The molecule has 1 aliphatic rings. The first-order valence-electron chi connectivity index (χ1n) is 7.62. The molecule has 1 N–H and O–H groups in total. The molecule has 0 radical (unpaired) electrons. The third kappa shape index (κ3) is 3.10. The monoisotopic (exact) mass is 286 g/mol. The van der Waals surface area contributed by atoms with Crippen molar-refractivity contribution < 1.29 is 4.74 Å². The van der Waals surface area contributed by atoms with Gasteiger partial charge in [-0.25, -0.2) is 0 Å². The Bertz CT molecular complexity index is 685. The average Bonchev–Trinajstić information content (AvgIpc) is 2.47. The summed E-state index contributed by atoms with van der Waals surface area (Å²) in [5.74, 6) is 0.533. The minimum absolute atomic E-state index is 0.106. The number of nitrogens with zero attached hydrogens (tertiary/aromatic N) is 1. The van der Waals surface area contributed by atoms with Crippen molar-refractivity contribution in [3.05, 3.63) is 40.2 Å². The Kier molecular flexibility index (Phi) is 3.97. The van der Waals surface area contributed by atoms with E-state index in [-0.39, 0.29) is 5.43 Å². The number of fused-ring (bicyclic) bond motifs is 1. The second kappa shape index (κ2) is 5.90. The van der Waals surface area contributed by atoms with E-state index in [0.29, 0.717) is 5.92 Å². The molecule has 1 fully saturated rings. The molecule has 4 nitrogen and oxygen atoms in total. The molecular weight excluding hydrogens is 264 g/mol. The van der Waals surface area contributed by atoms with E-state index < -0.39 is 0 Å². The fourth-order valence-electron chi connectivity index (χ4n) is 2.86. The van der Waals surface area contributed by atoms with Crippen LogP contribution in [0.2, 0.25) is 0 Å². The highest BCUT2D eigenvalue weighted by molar-refractivity contribution is 5.82. The summed E-state index contributed by atoms with van der Waals surface area (Å²) in [6, 6.07) is 7.85. The number of anilines is 1. The molecule has 21 heavy (non-hydrogen) atoms. The Morgan fingerprint density at radius 2 is 2.00 bits per heavy atom.